The second-order valence-corrected chi connectivity index (χ2v) is 4.59. The van der Waals surface area contributed by atoms with Crippen LogP contribution in [0.25, 0.3) is 0 Å². The van der Waals surface area contributed by atoms with Crippen LogP contribution >= 0.6 is 0 Å². The monoisotopic (exact) mass is 274 g/mol. The highest BCUT2D eigenvalue weighted by Crippen LogP contribution is 2.27. The number of carbonyl (C=O) groups excluding carboxylic acids is 1. The van der Waals surface area contributed by atoms with Gasteiger partial charge >= 0.3 is 0 Å². The van der Waals surface area contributed by atoms with E-state index in [1.54, 1.807) is 23.2 Å². The lowest BCUT2D eigenvalue weighted by Crippen LogP contribution is -2.29. The molecule has 0 radical (unpaired) electrons. The summed E-state index contributed by atoms with van der Waals surface area (Å²) in [7, 11) is 1.51. The van der Waals surface area contributed by atoms with E-state index in [-0.39, 0.29) is 11.8 Å². The SMILES string of the molecule is COc1ncccc1C(=O)N1CCC(c2ncon2)C1. The maximum atomic E-state index is 12.5. The molecule has 0 spiro atoms. The molecule has 20 heavy (non-hydrogen) atoms. The van der Waals surface area contributed by atoms with Crippen LogP contribution in [0.5, 0.6) is 5.88 Å². The number of ether oxygens (including phenoxy) is 1. The van der Waals surface area contributed by atoms with E-state index in [0.29, 0.717) is 30.4 Å². The first-order valence-corrected chi connectivity index (χ1v) is 6.34. The van der Waals surface area contributed by atoms with Gasteiger partial charge in [-0.05, 0) is 18.6 Å². The van der Waals surface area contributed by atoms with Crippen LogP contribution in [0.15, 0.2) is 29.2 Å². The zero-order valence-corrected chi connectivity index (χ0v) is 11.0. The lowest BCUT2D eigenvalue weighted by atomic mass is 10.1. The van der Waals surface area contributed by atoms with Crippen molar-refractivity contribution in [1.29, 1.82) is 0 Å². The quantitative estimate of drug-likeness (QED) is 0.833. The number of aromatic nitrogens is 3. The number of hydrogen-bond acceptors (Lipinski definition) is 6. The lowest BCUT2D eigenvalue weighted by Gasteiger charge is -2.16. The molecule has 3 rings (SSSR count). The summed E-state index contributed by atoms with van der Waals surface area (Å²) in [6.45, 7) is 1.24. The Bertz CT molecular complexity index is 599. The molecule has 104 valence electrons. The van der Waals surface area contributed by atoms with Crippen LogP contribution < -0.4 is 4.74 Å². The van der Waals surface area contributed by atoms with Gasteiger partial charge in [0.05, 0.1) is 7.11 Å². The number of rotatable bonds is 3. The van der Waals surface area contributed by atoms with E-state index in [1.807, 2.05) is 0 Å². The normalized spacial score (nSPS) is 18.2. The third-order valence-electron chi connectivity index (χ3n) is 3.41. The van der Waals surface area contributed by atoms with Crippen molar-refractivity contribution in [2.75, 3.05) is 20.2 Å². The summed E-state index contributed by atoms with van der Waals surface area (Å²) in [5.41, 5.74) is 0.476. The molecule has 7 nitrogen and oxygen atoms in total. The number of nitrogens with zero attached hydrogens (tertiary/aromatic N) is 4. The fourth-order valence-electron chi connectivity index (χ4n) is 2.40. The van der Waals surface area contributed by atoms with Crippen LogP contribution in [0.4, 0.5) is 0 Å². The van der Waals surface area contributed by atoms with Gasteiger partial charge in [-0.1, -0.05) is 5.16 Å². The standard InChI is InChI=1S/C13H14N4O3/c1-19-12-10(3-2-5-14-12)13(18)17-6-4-9(7-17)11-15-8-20-16-11/h2-3,5,8-9H,4,6-7H2,1H3. The maximum absolute atomic E-state index is 12.5. The van der Waals surface area contributed by atoms with Crippen molar-refractivity contribution in [3.05, 3.63) is 36.1 Å². The Balaban J connectivity index is 1.76. The largest absolute Gasteiger partial charge is 0.480 e. The van der Waals surface area contributed by atoms with E-state index in [4.69, 9.17) is 9.26 Å². The highest BCUT2D eigenvalue weighted by Gasteiger charge is 2.31. The highest BCUT2D eigenvalue weighted by molar-refractivity contribution is 5.96. The zero-order valence-electron chi connectivity index (χ0n) is 11.0. The molecule has 1 aliphatic heterocycles. The van der Waals surface area contributed by atoms with Crippen molar-refractivity contribution in [3.63, 3.8) is 0 Å². The Morgan fingerprint density at radius 2 is 2.40 bits per heavy atom. The third-order valence-corrected chi connectivity index (χ3v) is 3.41. The van der Waals surface area contributed by atoms with Crippen LogP contribution in [0, 0.1) is 0 Å². The molecule has 2 aromatic heterocycles. The summed E-state index contributed by atoms with van der Waals surface area (Å²) >= 11 is 0. The predicted octanol–water partition coefficient (Wildman–Crippen LogP) is 1.10. The molecule has 0 saturated carbocycles. The minimum atomic E-state index is -0.0825. The maximum Gasteiger partial charge on any atom is 0.259 e. The fraction of sp³-hybridized carbons (Fsp3) is 0.385. The minimum Gasteiger partial charge on any atom is -0.480 e. The lowest BCUT2D eigenvalue weighted by molar-refractivity contribution is 0.0786. The number of hydrogen-bond donors (Lipinski definition) is 0. The molecule has 3 heterocycles. The molecule has 0 N–H and O–H groups in total. The van der Waals surface area contributed by atoms with Crippen LogP contribution in [0.3, 0.4) is 0 Å². The summed E-state index contributed by atoms with van der Waals surface area (Å²) in [5.74, 6) is 1.04. The van der Waals surface area contributed by atoms with Gasteiger partial charge in [0.2, 0.25) is 12.3 Å². The van der Waals surface area contributed by atoms with Crippen LogP contribution in [0.2, 0.25) is 0 Å². The molecule has 7 heteroatoms. The number of likely N-dealkylation sites (tertiary alicyclic amines) is 1. The van der Waals surface area contributed by atoms with Gasteiger partial charge in [0.15, 0.2) is 5.82 Å². The number of pyridine rings is 1. The summed E-state index contributed by atoms with van der Waals surface area (Å²) in [6.07, 6.45) is 3.74. The Kier molecular flexibility index (Phi) is 3.32. The van der Waals surface area contributed by atoms with Crippen molar-refractivity contribution in [2.24, 2.45) is 0 Å². The van der Waals surface area contributed by atoms with E-state index in [1.165, 1.54) is 13.5 Å². The molecule has 1 unspecified atom stereocenters. The van der Waals surface area contributed by atoms with Gasteiger partial charge in [-0.15, -0.1) is 0 Å². The van der Waals surface area contributed by atoms with Crippen LogP contribution in [0.1, 0.15) is 28.5 Å². The molecule has 0 bridgehead atoms. The van der Waals surface area contributed by atoms with E-state index in [9.17, 15) is 4.79 Å². The van der Waals surface area contributed by atoms with E-state index in [0.717, 1.165) is 6.42 Å². The average molecular weight is 274 g/mol. The number of amides is 1. The van der Waals surface area contributed by atoms with Gasteiger partial charge in [-0.25, -0.2) is 4.98 Å². The minimum absolute atomic E-state index is 0.0825. The number of carbonyl (C=O) groups is 1. The van der Waals surface area contributed by atoms with Gasteiger partial charge in [0, 0.05) is 25.2 Å². The first kappa shape index (κ1) is 12.6. The number of methoxy groups -OCH3 is 1. The van der Waals surface area contributed by atoms with Crippen molar-refractivity contribution < 1.29 is 14.1 Å². The highest BCUT2D eigenvalue weighted by atomic mass is 16.5. The van der Waals surface area contributed by atoms with E-state index >= 15 is 0 Å². The molecule has 1 atom stereocenters. The summed E-state index contributed by atoms with van der Waals surface area (Å²) in [4.78, 5) is 22.3. The van der Waals surface area contributed by atoms with Crippen molar-refractivity contribution in [3.8, 4) is 5.88 Å². The second-order valence-electron chi connectivity index (χ2n) is 4.59. The molecule has 1 fully saturated rings. The van der Waals surface area contributed by atoms with Gasteiger partial charge in [0.1, 0.15) is 5.56 Å². The van der Waals surface area contributed by atoms with Gasteiger partial charge in [0.25, 0.3) is 5.91 Å². The molecule has 0 aromatic carbocycles. The Hall–Kier alpha value is -2.44. The molecule has 1 aliphatic rings. The predicted molar refractivity (Wildman–Crippen MR) is 68.3 cm³/mol. The molecular weight excluding hydrogens is 260 g/mol. The van der Waals surface area contributed by atoms with Gasteiger partial charge in [-0.3, -0.25) is 4.79 Å². The summed E-state index contributed by atoms with van der Waals surface area (Å²) < 4.78 is 9.88. The van der Waals surface area contributed by atoms with E-state index in [2.05, 4.69) is 15.1 Å². The smallest absolute Gasteiger partial charge is 0.259 e. The molecule has 2 aromatic rings. The molecule has 1 saturated heterocycles. The third kappa shape index (κ3) is 2.22. The van der Waals surface area contributed by atoms with Crippen molar-refractivity contribution in [1.82, 2.24) is 20.0 Å². The van der Waals surface area contributed by atoms with E-state index < -0.39 is 0 Å². The zero-order chi connectivity index (χ0) is 13.9. The average Bonchev–Trinajstić information content (AvgIpc) is 3.16. The first-order chi connectivity index (χ1) is 9.79. The Labute approximate surface area is 115 Å². The molecule has 0 aliphatic carbocycles. The van der Waals surface area contributed by atoms with Crippen LogP contribution in [-0.4, -0.2) is 46.1 Å². The Morgan fingerprint density at radius 1 is 1.50 bits per heavy atom. The summed E-state index contributed by atoms with van der Waals surface area (Å²) in [6, 6.07) is 3.44. The van der Waals surface area contributed by atoms with Crippen molar-refractivity contribution in [2.45, 2.75) is 12.3 Å². The fourth-order valence-corrected chi connectivity index (χ4v) is 2.40. The topological polar surface area (TPSA) is 81.4 Å². The first-order valence-electron chi connectivity index (χ1n) is 6.34. The molecular formula is C13H14N4O3. The van der Waals surface area contributed by atoms with Crippen LogP contribution in [-0.2, 0) is 0 Å². The van der Waals surface area contributed by atoms with Gasteiger partial charge in [-0.2, -0.15) is 4.98 Å². The van der Waals surface area contributed by atoms with Crippen molar-refractivity contribution >= 4 is 5.91 Å². The molecule has 1 amide bonds. The Morgan fingerprint density at radius 3 is 3.15 bits per heavy atom. The second kappa shape index (κ2) is 5.28. The summed E-state index contributed by atoms with van der Waals surface area (Å²) in [5, 5.41) is 3.84. The van der Waals surface area contributed by atoms with Gasteiger partial charge < -0.3 is 14.2 Å².